The van der Waals surface area contributed by atoms with E-state index in [4.69, 9.17) is 9.47 Å². The summed E-state index contributed by atoms with van der Waals surface area (Å²) in [6, 6.07) is 4.00. The fourth-order valence-corrected chi connectivity index (χ4v) is 3.18. The van der Waals surface area contributed by atoms with Crippen LogP contribution in [0.2, 0.25) is 0 Å². The molecular weight excluding hydrogens is 292 g/mol. The Labute approximate surface area is 109 Å². The van der Waals surface area contributed by atoms with E-state index in [2.05, 4.69) is 15.9 Å². The number of halogens is 1. The van der Waals surface area contributed by atoms with E-state index in [0.717, 1.165) is 8.66 Å². The summed E-state index contributed by atoms with van der Waals surface area (Å²) in [6.45, 7) is 1.80. The zero-order valence-corrected chi connectivity index (χ0v) is 12.1. The minimum Gasteiger partial charge on any atom is -0.390 e. The molecule has 0 spiro atoms. The van der Waals surface area contributed by atoms with Gasteiger partial charge in [0.15, 0.2) is 6.29 Å². The Bertz CT molecular complexity index is 321. The Morgan fingerprint density at radius 3 is 2.50 bits per heavy atom. The number of aliphatic hydroxyl groups is 1. The van der Waals surface area contributed by atoms with E-state index in [9.17, 15) is 5.11 Å². The average Bonchev–Trinajstić information content (AvgIpc) is 2.59. The maximum atomic E-state index is 10.2. The van der Waals surface area contributed by atoms with Gasteiger partial charge in [-0.2, -0.15) is 0 Å². The van der Waals surface area contributed by atoms with Crippen LogP contribution in [0.4, 0.5) is 0 Å². The van der Waals surface area contributed by atoms with Gasteiger partial charge in [0.05, 0.1) is 9.39 Å². The SMILES string of the molecule is COC(CC(C)(O)Cc1ccc(Br)s1)OC. The number of thiophene rings is 1. The van der Waals surface area contributed by atoms with Crippen LogP contribution in [-0.2, 0) is 15.9 Å². The van der Waals surface area contributed by atoms with Crippen LogP contribution in [0.3, 0.4) is 0 Å². The highest BCUT2D eigenvalue weighted by atomic mass is 79.9. The lowest BCUT2D eigenvalue weighted by Gasteiger charge is -2.26. The minimum absolute atomic E-state index is 0.363. The minimum atomic E-state index is -0.818. The molecule has 1 heterocycles. The molecule has 0 aromatic carbocycles. The summed E-state index contributed by atoms with van der Waals surface area (Å²) < 4.78 is 11.3. The Hall–Kier alpha value is 0.0600. The van der Waals surface area contributed by atoms with Crippen molar-refractivity contribution < 1.29 is 14.6 Å². The van der Waals surface area contributed by atoms with Gasteiger partial charge in [0.25, 0.3) is 0 Å². The summed E-state index contributed by atoms with van der Waals surface area (Å²) in [7, 11) is 3.15. The van der Waals surface area contributed by atoms with Crippen LogP contribution < -0.4 is 0 Å². The van der Waals surface area contributed by atoms with Crippen molar-refractivity contribution in [1.29, 1.82) is 0 Å². The zero-order chi connectivity index (χ0) is 12.2. The molecule has 0 aliphatic carbocycles. The lowest BCUT2D eigenvalue weighted by molar-refractivity contribution is -0.139. The van der Waals surface area contributed by atoms with Crippen LogP contribution in [0.1, 0.15) is 18.2 Å². The van der Waals surface area contributed by atoms with Crippen molar-refractivity contribution >= 4 is 27.3 Å². The fraction of sp³-hybridized carbons (Fsp3) is 0.636. The van der Waals surface area contributed by atoms with Crippen molar-refractivity contribution in [2.24, 2.45) is 0 Å². The summed E-state index contributed by atoms with van der Waals surface area (Å²) in [4.78, 5) is 1.14. The van der Waals surface area contributed by atoms with Gasteiger partial charge in [-0.3, -0.25) is 0 Å². The number of ether oxygens (including phenoxy) is 2. The third-order valence-electron chi connectivity index (χ3n) is 2.32. The quantitative estimate of drug-likeness (QED) is 0.821. The molecule has 1 aromatic rings. The van der Waals surface area contributed by atoms with Gasteiger partial charge < -0.3 is 14.6 Å². The molecule has 5 heteroatoms. The van der Waals surface area contributed by atoms with Crippen LogP contribution in [0.25, 0.3) is 0 Å². The molecule has 0 aliphatic rings. The van der Waals surface area contributed by atoms with E-state index in [1.165, 1.54) is 0 Å². The highest BCUT2D eigenvalue weighted by Crippen LogP contribution is 2.27. The second-order valence-electron chi connectivity index (χ2n) is 3.98. The molecule has 0 bridgehead atoms. The summed E-state index contributed by atoms with van der Waals surface area (Å²) in [6.07, 6.45) is 0.695. The third-order valence-corrected chi connectivity index (χ3v) is 3.94. The van der Waals surface area contributed by atoms with Gasteiger partial charge >= 0.3 is 0 Å². The van der Waals surface area contributed by atoms with Crippen LogP contribution in [0.15, 0.2) is 15.9 Å². The summed E-state index contributed by atoms with van der Waals surface area (Å²) in [5.41, 5.74) is -0.818. The Balaban J connectivity index is 2.57. The highest BCUT2D eigenvalue weighted by Gasteiger charge is 2.26. The number of methoxy groups -OCH3 is 2. The Morgan fingerprint density at radius 2 is 2.06 bits per heavy atom. The van der Waals surface area contributed by atoms with E-state index >= 15 is 0 Å². The van der Waals surface area contributed by atoms with E-state index in [1.54, 1.807) is 32.5 Å². The molecule has 1 atom stereocenters. The van der Waals surface area contributed by atoms with Gasteiger partial charge in [-0.25, -0.2) is 0 Å². The van der Waals surface area contributed by atoms with Crippen LogP contribution in [0.5, 0.6) is 0 Å². The standard InChI is InChI=1S/C11H17BrO3S/c1-11(13,7-10(14-2)15-3)6-8-4-5-9(12)16-8/h4-5,10,13H,6-7H2,1-3H3. The third kappa shape index (κ3) is 4.51. The smallest absolute Gasteiger partial charge is 0.159 e. The van der Waals surface area contributed by atoms with Gasteiger partial charge in [0, 0.05) is 31.9 Å². The second-order valence-corrected chi connectivity index (χ2v) is 6.53. The Kier molecular flexibility index (Phi) is 5.40. The van der Waals surface area contributed by atoms with Crippen molar-refractivity contribution in [1.82, 2.24) is 0 Å². The molecule has 0 amide bonds. The number of hydrogen-bond donors (Lipinski definition) is 1. The lowest BCUT2D eigenvalue weighted by Crippen LogP contribution is -2.33. The maximum Gasteiger partial charge on any atom is 0.159 e. The van der Waals surface area contributed by atoms with Crippen LogP contribution in [0, 0.1) is 0 Å². The predicted octanol–water partition coefficient (Wildman–Crippen LogP) is 2.81. The largest absolute Gasteiger partial charge is 0.390 e. The molecule has 0 aliphatic heterocycles. The van der Waals surface area contributed by atoms with Crippen molar-refractivity contribution in [3.8, 4) is 0 Å². The van der Waals surface area contributed by atoms with E-state index in [1.807, 2.05) is 12.1 Å². The topological polar surface area (TPSA) is 38.7 Å². The number of rotatable bonds is 6. The first-order valence-electron chi connectivity index (χ1n) is 4.99. The van der Waals surface area contributed by atoms with Crippen molar-refractivity contribution in [3.05, 3.63) is 20.8 Å². The van der Waals surface area contributed by atoms with Gasteiger partial charge in [0.1, 0.15) is 0 Å². The number of hydrogen-bond acceptors (Lipinski definition) is 4. The lowest BCUT2D eigenvalue weighted by atomic mass is 9.97. The first kappa shape index (κ1) is 14.1. The van der Waals surface area contributed by atoms with Crippen molar-refractivity contribution in [2.75, 3.05) is 14.2 Å². The first-order valence-corrected chi connectivity index (χ1v) is 6.60. The molecule has 16 heavy (non-hydrogen) atoms. The van der Waals surface area contributed by atoms with Crippen molar-refractivity contribution in [3.63, 3.8) is 0 Å². The van der Waals surface area contributed by atoms with Gasteiger partial charge in [-0.1, -0.05) is 0 Å². The summed E-state index contributed by atoms with van der Waals surface area (Å²) >= 11 is 5.04. The molecule has 1 N–H and O–H groups in total. The molecule has 1 aromatic heterocycles. The van der Waals surface area contributed by atoms with Crippen LogP contribution >= 0.6 is 27.3 Å². The molecular formula is C11H17BrO3S. The summed E-state index contributed by atoms with van der Waals surface area (Å²) in [5.74, 6) is 0. The molecule has 0 saturated carbocycles. The zero-order valence-electron chi connectivity index (χ0n) is 9.70. The van der Waals surface area contributed by atoms with Crippen molar-refractivity contribution in [2.45, 2.75) is 31.7 Å². The summed E-state index contributed by atoms with van der Waals surface area (Å²) in [5, 5.41) is 10.2. The molecule has 92 valence electrons. The fourth-order valence-electron chi connectivity index (χ4n) is 1.52. The molecule has 1 rings (SSSR count). The molecule has 0 radical (unpaired) electrons. The first-order chi connectivity index (χ1) is 7.46. The van der Waals surface area contributed by atoms with E-state index in [-0.39, 0.29) is 6.29 Å². The molecule has 0 fully saturated rings. The molecule has 1 unspecified atom stereocenters. The van der Waals surface area contributed by atoms with Gasteiger partial charge in [-0.05, 0) is 35.0 Å². The van der Waals surface area contributed by atoms with Gasteiger partial charge in [0.2, 0.25) is 0 Å². The monoisotopic (exact) mass is 308 g/mol. The predicted molar refractivity (Wildman–Crippen MR) is 68.8 cm³/mol. The van der Waals surface area contributed by atoms with Gasteiger partial charge in [-0.15, -0.1) is 11.3 Å². The van der Waals surface area contributed by atoms with E-state index in [0.29, 0.717) is 12.8 Å². The normalized spacial score (nSPS) is 15.4. The average molecular weight is 309 g/mol. The van der Waals surface area contributed by atoms with E-state index < -0.39 is 5.60 Å². The Morgan fingerprint density at radius 1 is 1.44 bits per heavy atom. The highest BCUT2D eigenvalue weighted by molar-refractivity contribution is 9.11. The second kappa shape index (κ2) is 6.12. The maximum absolute atomic E-state index is 10.2. The molecule has 3 nitrogen and oxygen atoms in total. The molecule has 0 saturated heterocycles. The van der Waals surface area contributed by atoms with Crippen LogP contribution in [-0.4, -0.2) is 31.2 Å².